The molecule has 1 aromatic rings. The summed E-state index contributed by atoms with van der Waals surface area (Å²) in [5, 5.41) is 6.00. The minimum absolute atomic E-state index is 0.166. The Hall–Kier alpha value is -1.63. The van der Waals surface area contributed by atoms with Crippen LogP contribution < -0.4 is 16.4 Å². The van der Waals surface area contributed by atoms with Gasteiger partial charge >= 0.3 is 0 Å². The predicted molar refractivity (Wildman–Crippen MR) is 86.0 cm³/mol. The second-order valence-electron chi connectivity index (χ2n) is 5.12. The normalized spacial score (nSPS) is 17.3. The van der Waals surface area contributed by atoms with Crippen LogP contribution in [0.25, 0.3) is 0 Å². The van der Waals surface area contributed by atoms with Crippen LogP contribution in [-0.2, 0) is 14.3 Å². The van der Waals surface area contributed by atoms with E-state index >= 15 is 0 Å². The highest BCUT2D eigenvalue weighted by atomic mass is 35.5. The average Bonchev–Trinajstić information content (AvgIpc) is 3.02. The fourth-order valence-electron chi connectivity index (χ4n) is 2.20. The Morgan fingerprint density at radius 2 is 2.14 bits per heavy atom. The largest absolute Gasteiger partial charge is 0.368 e. The van der Waals surface area contributed by atoms with Crippen molar-refractivity contribution in [1.82, 2.24) is 0 Å². The van der Waals surface area contributed by atoms with E-state index in [0.29, 0.717) is 48.8 Å². The van der Waals surface area contributed by atoms with E-state index in [2.05, 4.69) is 10.6 Å². The molecule has 2 amide bonds. The lowest BCUT2D eigenvalue weighted by Gasteiger charge is -2.15. The summed E-state index contributed by atoms with van der Waals surface area (Å²) >= 11 is 5.96. The number of anilines is 2. The Morgan fingerprint density at radius 1 is 1.32 bits per heavy atom. The van der Waals surface area contributed by atoms with Gasteiger partial charge in [0, 0.05) is 18.1 Å². The number of carbonyl (C=O) groups excluding carboxylic acids is 2. The summed E-state index contributed by atoms with van der Waals surface area (Å²) in [7, 11) is 0. The van der Waals surface area contributed by atoms with Crippen molar-refractivity contribution in [2.75, 3.05) is 23.8 Å². The van der Waals surface area contributed by atoms with Crippen molar-refractivity contribution < 1.29 is 14.3 Å². The van der Waals surface area contributed by atoms with E-state index in [1.165, 1.54) is 0 Å². The molecule has 22 heavy (non-hydrogen) atoms. The third-order valence-electron chi connectivity index (χ3n) is 3.34. The number of amides is 2. The molecule has 1 aromatic carbocycles. The molecule has 0 bridgehead atoms. The van der Waals surface area contributed by atoms with Crippen LogP contribution in [0.15, 0.2) is 18.2 Å². The molecule has 1 fully saturated rings. The van der Waals surface area contributed by atoms with Crippen molar-refractivity contribution in [1.29, 1.82) is 0 Å². The van der Waals surface area contributed by atoms with Gasteiger partial charge in [-0.05, 0) is 44.0 Å². The molecular formula is C15H20ClN3O3. The minimum Gasteiger partial charge on any atom is -0.368 e. The number of nitrogens with two attached hydrogens (primary N) is 1. The summed E-state index contributed by atoms with van der Waals surface area (Å²) in [6, 6.07) is 4.92. The highest BCUT2D eigenvalue weighted by Gasteiger charge is 2.24. The highest BCUT2D eigenvalue weighted by Crippen LogP contribution is 2.27. The van der Waals surface area contributed by atoms with E-state index in [1.54, 1.807) is 18.2 Å². The molecular weight excluding hydrogens is 306 g/mol. The number of hydrogen-bond acceptors (Lipinski definition) is 4. The lowest BCUT2D eigenvalue weighted by molar-refractivity contribution is -0.124. The molecule has 120 valence electrons. The van der Waals surface area contributed by atoms with Crippen LogP contribution in [0, 0.1) is 0 Å². The Morgan fingerprint density at radius 3 is 2.82 bits per heavy atom. The summed E-state index contributed by atoms with van der Waals surface area (Å²) in [4.78, 5) is 23.9. The first-order valence-corrected chi connectivity index (χ1v) is 7.70. The molecule has 1 saturated heterocycles. The lowest BCUT2D eigenvalue weighted by Crippen LogP contribution is -2.27. The maximum absolute atomic E-state index is 12.1. The van der Waals surface area contributed by atoms with Crippen molar-refractivity contribution >= 4 is 34.8 Å². The Labute approximate surface area is 134 Å². The maximum atomic E-state index is 12.1. The summed E-state index contributed by atoms with van der Waals surface area (Å²) in [5.41, 5.74) is 6.37. The zero-order valence-corrected chi connectivity index (χ0v) is 13.0. The minimum atomic E-state index is -0.434. The van der Waals surface area contributed by atoms with Crippen LogP contribution in [0.3, 0.4) is 0 Å². The fourth-order valence-corrected chi connectivity index (χ4v) is 2.37. The van der Waals surface area contributed by atoms with Gasteiger partial charge in [-0.15, -0.1) is 0 Å². The standard InChI is InChI=1S/C15H20ClN3O3/c16-10-5-6-11(19-15(21)13-3-2-8-22-13)12(9-10)18-14(20)4-1-7-17/h5-6,9,13H,1-4,7-8,17H2,(H,18,20)(H,19,21). The van der Waals surface area contributed by atoms with Gasteiger partial charge in [0.25, 0.3) is 5.91 Å². The predicted octanol–water partition coefficient (Wildman–Crippen LogP) is 2.13. The number of rotatable bonds is 6. The smallest absolute Gasteiger partial charge is 0.253 e. The van der Waals surface area contributed by atoms with Gasteiger partial charge in [-0.25, -0.2) is 0 Å². The number of carbonyl (C=O) groups is 2. The topological polar surface area (TPSA) is 93.5 Å². The number of nitrogens with one attached hydrogen (secondary N) is 2. The Bertz CT molecular complexity index is 545. The van der Waals surface area contributed by atoms with Crippen molar-refractivity contribution in [2.45, 2.75) is 31.8 Å². The summed E-state index contributed by atoms with van der Waals surface area (Å²) < 4.78 is 5.35. The molecule has 1 aliphatic rings. The zero-order chi connectivity index (χ0) is 15.9. The van der Waals surface area contributed by atoms with Gasteiger partial charge in [0.1, 0.15) is 6.10 Å². The van der Waals surface area contributed by atoms with E-state index < -0.39 is 6.10 Å². The monoisotopic (exact) mass is 325 g/mol. The van der Waals surface area contributed by atoms with Crippen molar-refractivity contribution in [3.05, 3.63) is 23.2 Å². The van der Waals surface area contributed by atoms with Crippen molar-refractivity contribution in [3.8, 4) is 0 Å². The van der Waals surface area contributed by atoms with Crippen molar-refractivity contribution in [3.63, 3.8) is 0 Å². The van der Waals surface area contributed by atoms with Gasteiger partial charge in [-0.3, -0.25) is 9.59 Å². The van der Waals surface area contributed by atoms with Crippen LogP contribution in [0.2, 0.25) is 5.02 Å². The van der Waals surface area contributed by atoms with E-state index in [4.69, 9.17) is 22.1 Å². The van der Waals surface area contributed by atoms with Crippen molar-refractivity contribution in [2.24, 2.45) is 5.73 Å². The van der Waals surface area contributed by atoms with E-state index in [9.17, 15) is 9.59 Å². The number of benzene rings is 1. The summed E-state index contributed by atoms with van der Waals surface area (Å²) in [5.74, 6) is -0.377. The van der Waals surface area contributed by atoms with Crippen LogP contribution in [0.4, 0.5) is 11.4 Å². The van der Waals surface area contributed by atoms with Crippen LogP contribution >= 0.6 is 11.6 Å². The van der Waals surface area contributed by atoms with E-state index in [0.717, 1.165) is 6.42 Å². The van der Waals surface area contributed by atoms with Crippen LogP contribution in [0.5, 0.6) is 0 Å². The molecule has 0 saturated carbocycles. The molecule has 4 N–H and O–H groups in total. The first-order chi connectivity index (χ1) is 10.6. The number of hydrogen-bond donors (Lipinski definition) is 3. The molecule has 1 atom stereocenters. The van der Waals surface area contributed by atoms with Gasteiger partial charge in [0.2, 0.25) is 5.91 Å². The van der Waals surface area contributed by atoms with Gasteiger partial charge in [0.15, 0.2) is 0 Å². The Balaban J connectivity index is 2.06. The first kappa shape index (κ1) is 16.7. The van der Waals surface area contributed by atoms with Gasteiger partial charge in [-0.1, -0.05) is 11.6 Å². The third-order valence-corrected chi connectivity index (χ3v) is 3.58. The first-order valence-electron chi connectivity index (χ1n) is 7.32. The fraction of sp³-hybridized carbons (Fsp3) is 0.467. The third kappa shape index (κ3) is 4.69. The summed E-state index contributed by atoms with van der Waals surface area (Å²) in [6.45, 7) is 1.05. The molecule has 1 aliphatic heterocycles. The molecule has 0 aromatic heterocycles. The maximum Gasteiger partial charge on any atom is 0.253 e. The van der Waals surface area contributed by atoms with Crippen LogP contribution in [0.1, 0.15) is 25.7 Å². The molecule has 6 nitrogen and oxygen atoms in total. The van der Waals surface area contributed by atoms with Gasteiger partial charge in [0.05, 0.1) is 11.4 Å². The van der Waals surface area contributed by atoms with Crippen LogP contribution in [-0.4, -0.2) is 31.1 Å². The Kier molecular flexibility index (Phi) is 6.18. The highest BCUT2D eigenvalue weighted by molar-refractivity contribution is 6.31. The molecule has 0 radical (unpaired) electrons. The molecule has 7 heteroatoms. The SMILES string of the molecule is NCCCC(=O)Nc1cc(Cl)ccc1NC(=O)C1CCCO1. The van der Waals surface area contributed by atoms with E-state index in [1.807, 2.05) is 0 Å². The number of halogens is 1. The zero-order valence-electron chi connectivity index (χ0n) is 12.2. The molecule has 0 spiro atoms. The molecule has 0 aliphatic carbocycles. The molecule has 1 heterocycles. The molecule has 1 unspecified atom stereocenters. The number of ether oxygens (including phenoxy) is 1. The van der Waals surface area contributed by atoms with Gasteiger partial charge < -0.3 is 21.1 Å². The molecule has 2 rings (SSSR count). The second kappa shape index (κ2) is 8.12. The van der Waals surface area contributed by atoms with Gasteiger partial charge in [-0.2, -0.15) is 0 Å². The average molecular weight is 326 g/mol. The second-order valence-corrected chi connectivity index (χ2v) is 5.56. The van der Waals surface area contributed by atoms with E-state index in [-0.39, 0.29) is 11.8 Å². The quantitative estimate of drug-likeness (QED) is 0.747. The summed E-state index contributed by atoms with van der Waals surface area (Å²) in [6.07, 6.45) is 2.07. The lowest BCUT2D eigenvalue weighted by atomic mass is 10.2.